The molecule has 2 rings (SSSR count). The summed E-state index contributed by atoms with van der Waals surface area (Å²) in [6.07, 6.45) is 1.53. The van der Waals surface area contributed by atoms with Gasteiger partial charge in [-0.25, -0.2) is 15.0 Å². The van der Waals surface area contributed by atoms with Crippen LogP contribution in [0.5, 0.6) is 0 Å². The Labute approximate surface area is 77.2 Å². The predicted molar refractivity (Wildman–Crippen MR) is 51.2 cm³/mol. The van der Waals surface area contributed by atoms with Gasteiger partial charge in [-0.05, 0) is 25.0 Å². The lowest BCUT2D eigenvalue weighted by atomic mass is 10.1. The Morgan fingerprint density at radius 3 is 2.92 bits per heavy atom. The average Bonchev–Trinajstić information content (AvgIpc) is 2.16. The van der Waals surface area contributed by atoms with Crippen molar-refractivity contribution >= 4 is 16.9 Å². The molecule has 0 fully saturated rings. The third-order valence-corrected chi connectivity index (χ3v) is 2.19. The number of anilines is 1. The van der Waals surface area contributed by atoms with E-state index in [4.69, 9.17) is 7.10 Å². The Balaban J connectivity index is 2.92. The SMILES string of the molecule is [3H]c1ncc2nc(N)c(C)c(C)c2n1. The van der Waals surface area contributed by atoms with Crippen LogP contribution in [-0.4, -0.2) is 15.0 Å². The minimum atomic E-state index is 0.00608. The molecule has 2 aromatic heterocycles. The Morgan fingerprint density at radius 2 is 2.15 bits per heavy atom. The fourth-order valence-corrected chi connectivity index (χ4v) is 1.23. The van der Waals surface area contributed by atoms with Crippen LogP contribution in [0.15, 0.2) is 12.5 Å². The van der Waals surface area contributed by atoms with Crippen molar-refractivity contribution in [2.45, 2.75) is 13.8 Å². The van der Waals surface area contributed by atoms with Crippen molar-refractivity contribution in [3.63, 3.8) is 0 Å². The van der Waals surface area contributed by atoms with E-state index in [0.29, 0.717) is 16.9 Å². The number of hydrogen-bond donors (Lipinski definition) is 1. The van der Waals surface area contributed by atoms with Crippen LogP contribution in [0.2, 0.25) is 0 Å². The molecule has 13 heavy (non-hydrogen) atoms. The van der Waals surface area contributed by atoms with Crippen molar-refractivity contribution in [3.05, 3.63) is 23.6 Å². The summed E-state index contributed by atoms with van der Waals surface area (Å²) in [4.78, 5) is 11.9. The van der Waals surface area contributed by atoms with E-state index in [1.54, 1.807) is 0 Å². The molecule has 0 aliphatic rings. The first-order valence-electron chi connectivity index (χ1n) is 4.45. The monoisotopic (exact) mass is 176 g/mol. The van der Waals surface area contributed by atoms with Crippen molar-refractivity contribution in [3.8, 4) is 0 Å². The molecule has 0 aliphatic carbocycles. The molecule has 0 amide bonds. The zero-order chi connectivity index (χ0) is 10.3. The molecule has 4 nitrogen and oxygen atoms in total. The molecule has 0 radical (unpaired) electrons. The molecule has 4 heteroatoms. The summed E-state index contributed by atoms with van der Waals surface area (Å²) in [5.41, 5.74) is 8.93. The van der Waals surface area contributed by atoms with E-state index in [9.17, 15) is 0 Å². The summed E-state index contributed by atoms with van der Waals surface area (Å²) in [7, 11) is 0. The summed E-state index contributed by atoms with van der Waals surface area (Å²) in [5, 5.41) is 0. The summed E-state index contributed by atoms with van der Waals surface area (Å²) in [5.74, 6) is 0.497. The average molecular weight is 176 g/mol. The number of pyridine rings is 1. The molecule has 0 aromatic carbocycles. The van der Waals surface area contributed by atoms with Gasteiger partial charge >= 0.3 is 0 Å². The first-order valence-corrected chi connectivity index (χ1v) is 3.95. The highest BCUT2D eigenvalue weighted by atomic mass is 14.9. The summed E-state index contributed by atoms with van der Waals surface area (Å²) in [6.45, 7) is 3.81. The van der Waals surface area contributed by atoms with Gasteiger partial charge in [0.2, 0.25) is 0 Å². The summed E-state index contributed by atoms with van der Waals surface area (Å²) < 4.78 is 7.32. The lowest BCUT2D eigenvalue weighted by Gasteiger charge is -2.05. The zero-order valence-electron chi connectivity index (χ0n) is 8.50. The topological polar surface area (TPSA) is 64.7 Å². The van der Waals surface area contributed by atoms with Crippen molar-refractivity contribution in [1.82, 2.24) is 15.0 Å². The number of nitrogens with two attached hydrogens (primary N) is 1. The second-order valence-corrected chi connectivity index (χ2v) is 2.95. The first kappa shape index (κ1) is 6.77. The molecule has 0 atom stereocenters. The lowest BCUT2D eigenvalue weighted by molar-refractivity contribution is 1.17. The van der Waals surface area contributed by atoms with Gasteiger partial charge in [0.15, 0.2) is 0 Å². The van der Waals surface area contributed by atoms with Gasteiger partial charge in [0.05, 0.1) is 11.7 Å². The molecule has 2 aromatic rings. The molecular weight excluding hydrogens is 164 g/mol. The van der Waals surface area contributed by atoms with Crippen molar-refractivity contribution in [2.75, 3.05) is 5.73 Å². The number of aromatic nitrogens is 3. The number of nitrogen functional groups attached to an aromatic ring is 1. The molecular formula is C9H10N4. The highest BCUT2D eigenvalue weighted by molar-refractivity contribution is 5.80. The third-order valence-electron chi connectivity index (χ3n) is 2.19. The van der Waals surface area contributed by atoms with Crippen LogP contribution in [0, 0.1) is 13.8 Å². The molecule has 0 unspecified atom stereocenters. The highest BCUT2D eigenvalue weighted by Crippen LogP contribution is 2.20. The quantitative estimate of drug-likeness (QED) is 0.655. The van der Waals surface area contributed by atoms with E-state index in [1.165, 1.54) is 6.20 Å². The number of aryl methyl sites for hydroxylation is 1. The smallest absolute Gasteiger partial charge is 0.127 e. The van der Waals surface area contributed by atoms with Gasteiger partial charge in [0, 0.05) is 0 Å². The van der Waals surface area contributed by atoms with Gasteiger partial charge in [-0.15, -0.1) is 0 Å². The molecule has 2 heterocycles. The fourth-order valence-electron chi connectivity index (χ4n) is 1.23. The number of hydrogen-bond acceptors (Lipinski definition) is 4. The molecule has 0 spiro atoms. The summed E-state index contributed by atoms with van der Waals surface area (Å²) in [6, 6.07) is 0. The molecule has 0 aliphatic heterocycles. The second-order valence-electron chi connectivity index (χ2n) is 2.95. The van der Waals surface area contributed by atoms with Crippen LogP contribution in [0.1, 0.15) is 12.5 Å². The summed E-state index contributed by atoms with van der Waals surface area (Å²) >= 11 is 0. The predicted octanol–water partition coefficient (Wildman–Crippen LogP) is 1.22. The van der Waals surface area contributed by atoms with E-state index in [-0.39, 0.29) is 6.30 Å². The maximum atomic E-state index is 7.32. The standard InChI is InChI=1S/C9H10N4/c1-5-6(2)9(10)13-7-3-11-4-12-8(5)7/h3-4H,1-2H3,(H2,10,13)/i4T. The molecule has 66 valence electrons. The van der Waals surface area contributed by atoms with Crippen LogP contribution >= 0.6 is 0 Å². The Bertz CT molecular complexity index is 510. The molecule has 0 bridgehead atoms. The van der Waals surface area contributed by atoms with Crippen LogP contribution in [0.3, 0.4) is 0 Å². The van der Waals surface area contributed by atoms with E-state index < -0.39 is 0 Å². The highest BCUT2D eigenvalue weighted by Gasteiger charge is 2.06. The number of nitrogens with zero attached hydrogens (tertiary/aromatic N) is 3. The van der Waals surface area contributed by atoms with Crippen molar-refractivity contribution in [2.24, 2.45) is 0 Å². The maximum absolute atomic E-state index is 7.32. The van der Waals surface area contributed by atoms with E-state index in [1.807, 2.05) is 13.8 Å². The molecule has 0 saturated carbocycles. The van der Waals surface area contributed by atoms with Crippen molar-refractivity contribution < 1.29 is 1.37 Å². The zero-order valence-corrected chi connectivity index (χ0v) is 7.50. The fraction of sp³-hybridized carbons (Fsp3) is 0.222. The van der Waals surface area contributed by atoms with Gasteiger partial charge in [0.25, 0.3) is 0 Å². The number of fused-ring (bicyclic) bond motifs is 1. The van der Waals surface area contributed by atoms with Gasteiger partial charge in [-0.2, -0.15) is 0 Å². The van der Waals surface area contributed by atoms with Crippen molar-refractivity contribution in [1.29, 1.82) is 0 Å². The first-order chi connectivity index (χ1) is 6.59. The second kappa shape index (κ2) is 2.65. The van der Waals surface area contributed by atoms with Gasteiger partial charge < -0.3 is 5.73 Å². The number of rotatable bonds is 0. The maximum Gasteiger partial charge on any atom is 0.127 e. The van der Waals surface area contributed by atoms with E-state index in [0.717, 1.165) is 11.1 Å². The van der Waals surface area contributed by atoms with Crippen LogP contribution < -0.4 is 5.73 Å². The normalized spacial score (nSPS) is 11.7. The Kier molecular flexibility index (Phi) is 1.38. The lowest BCUT2D eigenvalue weighted by Crippen LogP contribution is -1.99. The largest absolute Gasteiger partial charge is 0.383 e. The van der Waals surface area contributed by atoms with Crippen LogP contribution in [-0.2, 0) is 0 Å². The molecule has 0 saturated heterocycles. The Morgan fingerprint density at radius 1 is 1.38 bits per heavy atom. The molecule has 2 N–H and O–H groups in total. The van der Waals surface area contributed by atoms with Crippen LogP contribution in [0.25, 0.3) is 11.0 Å². The minimum Gasteiger partial charge on any atom is -0.383 e. The van der Waals surface area contributed by atoms with E-state index >= 15 is 0 Å². The van der Waals surface area contributed by atoms with Gasteiger partial charge in [-0.3, -0.25) is 0 Å². The van der Waals surface area contributed by atoms with Gasteiger partial charge in [-0.1, -0.05) is 0 Å². The van der Waals surface area contributed by atoms with E-state index in [2.05, 4.69) is 15.0 Å². The minimum absolute atomic E-state index is 0.00608. The van der Waals surface area contributed by atoms with Crippen LogP contribution in [0.4, 0.5) is 5.82 Å². The Hall–Kier alpha value is -1.71. The third kappa shape index (κ3) is 1.11. The van der Waals surface area contributed by atoms with Gasteiger partial charge in [0.1, 0.15) is 19.0 Å².